The molecule has 2 atom stereocenters. The highest BCUT2D eigenvalue weighted by Crippen LogP contribution is 2.37. The van der Waals surface area contributed by atoms with Crippen molar-refractivity contribution < 1.29 is 27.5 Å². The summed E-state index contributed by atoms with van der Waals surface area (Å²) in [7, 11) is 0. The van der Waals surface area contributed by atoms with Crippen molar-refractivity contribution in [1.82, 2.24) is 24.4 Å². The molecule has 0 aromatic carbocycles. The number of likely N-dealkylation sites (tertiary alicyclic amines) is 1. The lowest BCUT2D eigenvalue weighted by atomic mass is 9.93. The molecular formula is C24H27F4N7O2. The molecule has 3 N–H and O–H groups in total. The van der Waals surface area contributed by atoms with Crippen molar-refractivity contribution in [3.8, 4) is 0 Å². The Morgan fingerprint density at radius 3 is 2.59 bits per heavy atom. The normalized spacial score (nSPS) is 20.9. The maximum Gasteiger partial charge on any atom is 0.433 e. The van der Waals surface area contributed by atoms with Gasteiger partial charge in [0.25, 0.3) is 0 Å². The summed E-state index contributed by atoms with van der Waals surface area (Å²) in [6.45, 7) is 1.51. The van der Waals surface area contributed by atoms with E-state index in [0.29, 0.717) is 43.1 Å². The van der Waals surface area contributed by atoms with E-state index in [-0.39, 0.29) is 30.4 Å². The minimum Gasteiger partial charge on any atom is -0.391 e. The number of anilines is 1. The lowest BCUT2D eigenvalue weighted by molar-refractivity contribution is -0.141. The zero-order chi connectivity index (χ0) is 26.3. The molecule has 1 aliphatic heterocycles. The molecule has 0 spiro atoms. The van der Waals surface area contributed by atoms with Gasteiger partial charge in [-0.05, 0) is 37.4 Å². The minimum atomic E-state index is -4.52. The number of primary amides is 1. The SMILES string of the molecule is NC(=O)CN1CC[C@H](Cn2cc(F)c3c(N(Cc4ccc(C(F)(F)F)nc4)C4CC4)ncnc32)[C@@H](O)C1. The number of aliphatic hydroxyl groups excluding tert-OH is 1. The van der Waals surface area contributed by atoms with E-state index in [1.807, 2.05) is 4.90 Å². The number of fused-ring (bicyclic) bond motifs is 1. The van der Waals surface area contributed by atoms with Crippen LogP contribution in [0.5, 0.6) is 0 Å². The van der Waals surface area contributed by atoms with Crippen LogP contribution in [0.3, 0.4) is 0 Å². The molecule has 9 nitrogen and oxygen atoms in total. The third-order valence-corrected chi connectivity index (χ3v) is 6.93. The number of piperidine rings is 1. The molecule has 2 aliphatic rings. The van der Waals surface area contributed by atoms with Crippen molar-refractivity contribution in [2.45, 2.75) is 50.7 Å². The smallest absolute Gasteiger partial charge is 0.391 e. The van der Waals surface area contributed by atoms with Gasteiger partial charge in [-0.2, -0.15) is 13.2 Å². The largest absolute Gasteiger partial charge is 0.433 e. The van der Waals surface area contributed by atoms with E-state index in [2.05, 4.69) is 15.0 Å². The average molecular weight is 522 g/mol. The zero-order valence-electron chi connectivity index (χ0n) is 19.9. The fraction of sp³-hybridized carbons (Fsp3) is 0.500. The Bertz CT molecular complexity index is 1280. The van der Waals surface area contributed by atoms with Gasteiger partial charge in [-0.3, -0.25) is 14.7 Å². The number of aromatic nitrogens is 4. The van der Waals surface area contributed by atoms with E-state index >= 15 is 4.39 Å². The number of amides is 1. The van der Waals surface area contributed by atoms with Gasteiger partial charge < -0.3 is 20.3 Å². The lowest BCUT2D eigenvalue weighted by Crippen LogP contribution is -2.47. The number of halogens is 4. The third kappa shape index (κ3) is 5.52. The number of pyridine rings is 1. The predicted molar refractivity (Wildman–Crippen MR) is 126 cm³/mol. The number of aliphatic hydroxyl groups is 1. The van der Waals surface area contributed by atoms with Crippen LogP contribution in [0.1, 0.15) is 30.5 Å². The van der Waals surface area contributed by atoms with Crippen molar-refractivity contribution in [1.29, 1.82) is 0 Å². The topological polar surface area (TPSA) is 113 Å². The fourth-order valence-corrected chi connectivity index (χ4v) is 4.94. The number of nitrogens with zero attached hydrogens (tertiary/aromatic N) is 6. The quantitative estimate of drug-likeness (QED) is 0.438. The summed E-state index contributed by atoms with van der Waals surface area (Å²) in [5.74, 6) is -0.765. The Morgan fingerprint density at radius 1 is 1.19 bits per heavy atom. The molecule has 3 aromatic rings. The highest BCUT2D eigenvalue weighted by Gasteiger charge is 2.35. The van der Waals surface area contributed by atoms with Gasteiger partial charge in [0.05, 0.1) is 18.0 Å². The number of hydrogen-bond acceptors (Lipinski definition) is 7. The lowest BCUT2D eigenvalue weighted by Gasteiger charge is -2.35. The highest BCUT2D eigenvalue weighted by atomic mass is 19.4. The first-order valence-electron chi connectivity index (χ1n) is 12.1. The Hall–Kier alpha value is -3.32. The highest BCUT2D eigenvalue weighted by molar-refractivity contribution is 5.89. The van der Waals surface area contributed by atoms with Crippen molar-refractivity contribution in [3.05, 3.63) is 47.9 Å². The number of carbonyl (C=O) groups excluding carboxylic acids is 1. The van der Waals surface area contributed by atoms with Crippen LogP contribution in [0, 0.1) is 11.7 Å². The molecule has 0 bridgehead atoms. The summed E-state index contributed by atoms with van der Waals surface area (Å²) in [6.07, 6.45) is 0.954. The zero-order valence-corrected chi connectivity index (χ0v) is 19.9. The first-order valence-corrected chi connectivity index (χ1v) is 12.1. The Balaban J connectivity index is 1.38. The summed E-state index contributed by atoms with van der Waals surface area (Å²) < 4.78 is 55.7. The molecule has 0 radical (unpaired) electrons. The average Bonchev–Trinajstić information content (AvgIpc) is 3.63. The van der Waals surface area contributed by atoms with Crippen molar-refractivity contribution >= 4 is 22.8 Å². The van der Waals surface area contributed by atoms with Crippen LogP contribution in [-0.2, 0) is 24.1 Å². The minimum absolute atomic E-state index is 0.0763. The van der Waals surface area contributed by atoms with E-state index in [4.69, 9.17) is 5.73 Å². The van der Waals surface area contributed by atoms with Crippen LogP contribution in [0.25, 0.3) is 11.0 Å². The van der Waals surface area contributed by atoms with Gasteiger partial charge in [-0.15, -0.1) is 0 Å². The van der Waals surface area contributed by atoms with Gasteiger partial charge in [-0.25, -0.2) is 14.4 Å². The summed E-state index contributed by atoms with van der Waals surface area (Å²) in [5, 5.41) is 10.9. The van der Waals surface area contributed by atoms with Crippen LogP contribution in [0.2, 0.25) is 0 Å². The molecule has 2 fully saturated rings. The molecule has 198 valence electrons. The van der Waals surface area contributed by atoms with Crippen LogP contribution in [0.4, 0.5) is 23.4 Å². The number of nitrogens with two attached hydrogens (primary N) is 1. The standard InChI is InChI=1S/C24H27F4N7O2/c25-17-10-34(9-15-5-6-33(11-18(15)36)12-20(29)37)22-21(17)23(32-13-31-22)35(16-2-3-16)8-14-1-4-19(30-7-14)24(26,27)28/h1,4,7,10,13,15-16,18,36H,2-3,5-6,8-9,11-12H2,(H2,29,37)/t15-,18+/m1/s1. The van der Waals surface area contributed by atoms with Crippen molar-refractivity contribution in [2.24, 2.45) is 11.7 Å². The maximum atomic E-state index is 15.3. The fourth-order valence-electron chi connectivity index (χ4n) is 4.94. The van der Waals surface area contributed by atoms with Gasteiger partial charge in [-0.1, -0.05) is 6.07 Å². The molecule has 0 unspecified atom stereocenters. The molecule has 5 rings (SSSR count). The van der Waals surface area contributed by atoms with Crippen LogP contribution in [0.15, 0.2) is 30.9 Å². The first kappa shape index (κ1) is 25.3. The first-order chi connectivity index (χ1) is 17.6. The van der Waals surface area contributed by atoms with E-state index in [0.717, 1.165) is 18.9 Å². The molecule has 13 heteroatoms. The van der Waals surface area contributed by atoms with Crippen LogP contribution >= 0.6 is 0 Å². The Kier molecular flexibility index (Phi) is 6.75. The Morgan fingerprint density at radius 2 is 1.97 bits per heavy atom. The Labute approximate surface area is 209 Å². The van der Waals surface area contributed by atoms with E-state index < -0.39 is 29.7 Å². The monoisotopic (exact) mass is 521 g/mol. The molecule has 37 heavy (non-hydrogen) atoms. The second kappa shape index (κ2) is 9.86. The summed E-state index contributed by atoms with van der Waals surface area (Å²) >= 11 is 0. The van der Waals surface area contributed by atoms with Gasteiger partial charge >= 0.3 is 6.18 Å². The second-order valence-electron chi connectivity index (χ2n) is 9.75. The number of rotatable bonds is 8. The van der Waals surface area contributed by atoms with Gasteiger partial charge in [0.2, 0.25) is 5.91 Å². The molecule has 1 saturated carbocycles. The van der Waals surface area contributed by atoms with E-state index in [9.17, 15) is 23.1 Å². The van der Waals surface area contributed by atoms with Crippen LogP contribution in [-0.4, -0.2) is 67.2 Å². The van der Waals surface area contributed by atoms with E-state index in [1.165, 1.54) is 24.8 Å². The number of carbonyl (C=O) groups is 1. The van der Waals surface area contributed by atoms with Crippen molar-refractivity contribution in [2.75, 3.05) is 24.5 Å². The van der Waals surface area contributed by atoms with E-state index in [1.54, 1.807) is 9.47 Å². The number of β-amino-alcohol motifs (C(OH)–C–C–N with tert-alkyl or cyclic N) is 1. The molecular weight excluding hydrogens is 494 g/mol. The number of hydrogen-bond donors (Lipinski definition) is 2. The maximum absolute atomic E-state index is 15.3. The molecule has 4 heterocycles. The molecule has 1 aliphatic carbocycles. The number of alkyl halides is 3. The summed E-state index contributed by atoms with van der Waals surface area (Å²) in [4.78, 5) is 27.1. The van der Waals surface area contributed by atoms with Crippen LogP contribution < -0.4 is 10.6 Å². The van der Waals surface area contributed by atoms with Gasteiger partial charge in [0, 0.05) is 44.0 Å². The summed E-state index contributed by atoms with van der Waals surface area (Å²) in [5.41, 5.74) is 5.22. The van der Waals surface area contributed by atoms with Gasteiger partial charge in [0.15, 0.2) is 5.82 Å². The molecule has 1 saturated heterocycles. The third-order valence-electron chi connectivity index (χ3n) is 6.93. The molecule has 1 amide bonds. The molecule has 3 aromatic heterocycles. The van der Waals surface area contributed by atoms with Crippen molar-refractivity contribution in [3.63, 3.8) is 0 Å². The van der Waals surface area contributed by atoms with Gasteiger partial charge in [0.1, 0.15) is 23.5 Å². The second-order valence-corrected chi connectivity index (χ2v) is 9.75. The summed E-state index contributed by atoms with van der Waals surface area (Å²) in [6, 6.07) is 2.39. The predicted octanol–water partition coefficient (Wildman–Crippen LogP) is 2.32.